The van der Waals surface area contributed by atoms with Crippen LogP contribution in [0.4, 0.5) is 5.00 Å². The van der Waals surface area contributed by atoms with Gasteiger partial charge in [-0.1, -0.05) is 41.9 Å². The molecule has 0 spiro atoms. The molecule has 0 radical (unpaired) electrons. The van der Waals surface area contributed by atoms with Gasteiger partial charge in [-0.25, -0.2) is 4.79 Å². The van der Waals surface area contributed by atoms with Crippen molar-refractivity contribution in [2.45, 2.75) is 39.2 Å². The largest absolute Gasteiger partial charge is 0.493 e. The molecule has 0 saturated heterocycles. The van der Waals surface area contributed by atoms with E-state index in [0.717, 1.165) is 41.7 Å². The van der Waals surface area contributed by atoms with Crippen molar-refractivity contribution in [3.8, 4) is 17.6 Å². The van der Waals surface area contributed by atoms with Crippen LogP contribution >= 0.6 is 22.9 Å². The number of nitriles is 1. The molecule has 1 aliphatic carbocycles. The Morgan fingerprint density at radius 3 is 2.66 bits per heavy atom. The summed E-state index contributed by atoms with van der Waals surface area (Å²) in [5, 5.41) is 13.2. The van der Waals surface area contributed by atoms with E-state index in [1.807, 2.05) is 36.4 Å². The van der Waals surface area contributed by atoms with Gasteiger partial charge in [-0.3, -0.25) is 4.79 Å². The number of anilines is 1. The summed E-state index contributed by atoms with van der Waals surface area (Å²) in [6.45, 7) is 2.27. The second-order valence-corrected chi connectivity index (χ2v) is 10.1. The molecule has 2 aromatic carbocycles. The molecule has 7 nitrogen and oxygen atoms in total. The molecule has 4 rings (SSSR count). The van der Waals surface area contributed by atoms with E-state index in [1.54, 1.807) is 19.1 Å². The van der Waals surface area contributed by atoms with Crippen molar-refractivity contribution in [2.24, 2.45) is 0 Å². The van der Waals surface area contributed by atoms with Gasteiger partial charge in [-0.05, 0) is 67.5 Å². The van der Waals surface area contributed by atoms with Gasteiger partial charge in [0.1, 0.15) is 23.3 Å². The maximum atomic E-state index is 13.1. The Bertz CT molecular complexity index is 1410. The summed E-state index contributed by atoms with van der Waals surface area (Å²) in [6, 6.07) is 14.8. The number of methoxy groups -OCH3 is 1. The first-order valence-electron chi connectivity index (χ1n) is 12.2. The maximum absolute atomic E-state index is 13.1. The molecule has 0 aliphatic heterocycles. The Balaban J connectivity index is 1.58. The number of hydrogen-bond donors (Lipinski definition) is 1. The maximum Gasteiger partial charge on any atom is 0.341 e. The molecule has 1 aliphatic rings. The lowest BCUT2D eigenvalue weighted by molar-refractivity contribution is -0.112. The Hall–Kier alpha value is -3.80. The predicted molar refractivity (Wildman–Crippen MR) is 148 cm³/mol. The minimum absolute atomic E-state index is 0.151. The van der Waals surface area contributed by atoms with E-state index in [1.165, 1.54) is 24.5 Å². The number of aryl methyl sites for hydroxylation is 1. The Labute approximate surface area is 230 Å². The van der Waals surface area contributed by atoms with Gasteiger partial charge in [0.05, 0.1) is 24.3 Å². The minimum Gasteiger partial charge on any atom is -0.493 e. The molecule has 0 unspecified atom stereocenters. The van der Waals surface area contributed by atoms with Gasteiger partial charge >= 0.3 is 5.97 Å². The number of rotatable bonds is 9. The number of nitrogens with zero attached hydrogens (tertiary/aromatic N) is 1. The summed E-state index contributed by atoms with van der Waals surface area (Å²) < 4.78 is 16.6. The lowest BCUT2D eigenvalue weighted by atomic mass is 9.95. The number of nitrogens with one attached hydrogen (secondary N) is 1. The molecule has 0 atom stereocenters. The molecule has 196 valence electrons. The molecule has 38 heavy (non-hydrogen) atoms. The number of hydrogen-bond acceptors (Lipinski definition) is 7. The number of thiophene rings is 1. The van der Waals surface area contributed by atoms with Crippen LogP contribution in [0.2, 0.25) is 5.02 Å². The fraction of sp³-hybridized carbons (Fsp3) is 0.276. The summed E-state index contributed by atoms with van der Waals surface area (Å²) in [5.74, 6) is -0.363. The van der Waals surface area contributed by atoms with E-state index in [9.17, 15) is 14.9 Å². The van der Waals surface area contributed by atoms with Crippen LogP contribution in [0.1, 0.15) is 51.7 Å². The van der Waals surface area contributed by atoms with E-state index >= 15 is 0 Å². The monoisotopic (exact) mass is 550 g/mol. The van der Waals surface area contributed by atoms with Crippen LogP contribution in [0.15, 0.2) is 48.0 Å². The Morgan fingerprint density at radius 2 is 1.95 bits per heavy atom. The molecule has 1 N–H and O–H groups in total. The van der Waals surface area contributed by atoms with Gasteiger partial charge in [0.2, 0.25) is 0 Å². The van der Waals surface area contributed by atoms with Crippen molar-refractivity contribution in [1.29, 1.82) is 5.26 Å². The fourth-order valence-corrected chi connectivity index (χ4v) is 5.80. The number of esters is 1. The second kappa shape index (κ2) is 12.6. The molecule has 9 heteroatoms. The van der Waals surface area contributed by atoms with Crippen LogP contribution in [0.3, 0.4) is 0 Å². The first-order valence-corrected chi connectivity index (χ1v) is 13.4. The summed E-state index contributed by atoms with van der Waals surface area (Å²) in [4.78, 5) is 26.9. The highest BCUT2D eigenvalue weighted by atomic mass is 35.5. The van der Waals surface area contributed by atoms with E-state index in [4.69, 9.17) is 25.8 Å². The van der Waals surface area contributed by atoms with Crippen LogP contribution in [0.5, 0.6) is 11.5 Å². The minimum atomic E-state index is -0.629. The summed E-state index contributed by atoms with van der Waals surface area (Å²) in [5.41, 5.74) is 2.63. The Morgan fingerprint density at radius 1 is 1.18 bits per heavy atom. The zero-order valence-corrected chi connectivity index (χ0v) is 22.7. The van der Waals surface area contributed by atoms with E-state index in [0.29, 0.717) is 34.2 Å². The smallest absolute Gasteiger partial charge is 0.341 e. The number of carbonyl (C=O) groups excluding carboxylic acids is 2. The second-order valence-electron chi connectivity index (χ2n) is 8.57. The van der Waals surface area contributed by atoms with E-state index in [-0.39, 0.29) is 17.2 Å². The van der Waals surface area contributed by atoms with Gasteiger partial charge in [0.25, 0.3) is 5.91 Å². The molecule has 0 saturated carbocycles. The SMILES string of the molecule is CCOC(=O)c1c(NC(=O)/C(C#N)=C/c2cc(Cl)c(OCc3ccccc3)c(OC)c2)sc2c1CCCC2. The number of carbonyl (C=O) groups is 2. The molecular formula is C29H27ClN2O5S. The molecule has 1 heterocycles. The summed E-state index contributed by atoms with van der Waals surface area (Å²) in [6.07, 6.45) is 5.02. The highest BCUT2D eigenvalue weighted by molar-refractivity contribution is 7.17. The quantitative estimate of drug-likeness (QED) is 0.183. The Kier molecular flexibility index (Phi) is 9.06. The summed E-state index contributed by atoms with van der Waals surface area (Å²) >= 11 is 7.86. The van der Waals surface area contributed by atoms with Crippen LogP contribution in [-0.2, 0) is 29.0 Å². The van der Waals surface area contributed by atoms with Gasteiger partial charge < -0.3 is 19.5 Å². The number of fused-ring (bicyclic) bond motifs is 1. The highest BCUT2D eigenvalue weighted by Crippen LogP contribution is 2.40. The fourth-order valence-electron chi connectivity index (χ4n) is 4.25. The lowest BCUT2D eigenvalue weighted by Gasteiger charge is -2.14. The molecule has 1 amide bonds. The molecule has 0 bridgehead atoms. The third-order valence-electron chi connectivity index (χ3n) is 6.03. The van der Waals surface area contributed by atoms with Gasteiger partial charge in [-0.2, -0.15) is 5.26 Å². The van der Waals surface area contributed by atoms with Gasteiger partial charge in [-0.15, -0.1) is 11.3 Å². The zero-order chi connectivity index (χ0) is 27.1. The zero-order valence-electron chi connectivity index (χ0n) is 21.1. The van der Waals surface area contributed by atoms with Crippen LogP contribution in [0.25, 0.3) is 6.08 Å². The van der Waals surface area contributed by atoms with Crippen molar-refractivity contribution in [2.75, 3.05) is 19.0 Å². The number of benzene rings is 2. The van der Waals surface area contributed by atoms with Gasteiger partial charge in [0.15, 0.2) is 11.5 Å². The van der Waals surface area contributed by atoms with Crippen molar-refractivity contribution >= 4 is 45.9 Å². The number of amides is 1. The van der Waals surface area contributed by atoms with Crippen molar-refractivity contribution in [1.82, 2.24) is 0 Å². The lowest BCUT2D eigenvalue weighted by Crippen LogP contribution is -2.16. The topological polar surface area (TPSA) is 97.7 Å². The number of halogens is 1. The molecular weight excluding hydrogens is 524 g/mol. The highest BCUT2D eigenvalue weighted by Gasteiger charge is 2.28. The average Bonchev–Trinajstić information content (AvgIpc) is 3.29. The summed E-state index contributed by atoms with van der Waals surface area (Å²) in [7, 11) is 1.49. The first kappa shape index (κ1) is 27.2. The first-order chi connectivity index (χ1) is 18.4. The molecule has 3 aromatic rings. The third-order valence-corrected chi connectivity index (χ3v) is 7.52. The van der Waals surface area contributed by atoms with Crippen LogP contribution < -0.4 is 14.8 Å². The van der Waals surface area contributed by atoms with Crippen molar-refractivity contribution < 1.29 is 23.8 Å². The number of ether oxygens (including phenoxy) is 3. The molecule has 1 aromatic heterocycles. The predicted octanol–water partition coefficient (Wildman–Crippen LogP) is 6.59. The van der Waals surface area contributed by atoms with Crippen molar-refractivity contribution in [3.63, 3.8) is 0 Å². The van der Waals surface area contributed by atoms with Gasteiger partial charge in [0, 0.05) is 4.88 Å². The van der Waals surface area contributed by atoms with E-state index in [2.05, 4.69) is 5.32 Å². The van der Waals surface area contributed by atoms with Crippen LogP contribution in [-0.4, -0.2) is 25.6 Å². The molecule has 0 fully saturated rings. The van der Waals surface area contributed by atoms with Crippen LogP contribution in [0, 0.1) is 11.3 Å². The normalized spacial score (nSPS) is 12.7. The third kappa shape index (κ3) is 6.18. The van der Waals surface area contributed by atoms with E-state index < -0.39 is 11.9 Å². The standard InChI is InChI=1S/C29H27ClN2O5S/c1-3-36-29(34)25-21-11-7-8-12-24(21)38-28(25)32-27(33)20(16-31)13-19-14-22(30)26(23(15-19)35-2)37-17-18-9-5-4-6-10-18/h4-6,9-10,13-15H,3,7-8,11-12,17H2,1-2H3,(H,32,33)/b20-13+. The van der Waals surface area contributed by atoms with Crippen molar-refractivity contribution in [3.05, 3.63) is 80.2 Å². The average molecular weight is 551 g/mol.